The lowest BCUT2D eigenvalue weighted by Gasteiger charge is -2.37. The third kappa shape index (κ3) is 2.96. The van der Waals surface area contributed by atoms with Gasteiger partial charge in [-0.15, -0.1) is 0 Å². The summed E-state index contributed by atoms with van der Waals surface area (Å²) in [6.07, 6.45) is 0.973. The molecule has 1 aliphatic carbocycles. The second-order valence-electron chi connectivity index (χ2n) is 5.83. The van der Waals surface area contributed by atoms with Crippen molar-refractivity contribution in [1.29, 1.82) is 0 Å². The van der Waals surface area contributed by atoms with E-state index < -0.39 is 0 Å². The summed E-state index contributed by atoms with van der Waals surface area (Å²) >= 11 is 0. The van der Waals surface area contributed by atoms with Crippen LogP contribution in [0.25, 0.3) is 0 Å². The molecule has 3 atom stereocenters. The number of ether oxygens (including phenoxy) is 2. The first-order valence-corrected chi connectivity index (χ1v) is 8.02. The van der Waals surface area contributed by atoms with E-state index in [2.05, 4.69) is 5.32 Å². The Hall–Kier alpha value is -1.59. The van der Waals surface area contributed by atoms with Crippen molar-refractivity contribution in [2.45, 2.75) is 25.5 Å². The Bertz CT molecular complexity index is 534. The fourth-order valence-corrected chi connectivity index (χ4v) is 3.23. The number of nitrogens with zero attached hydrogens (tertiary/aromatic N) is 1. The predicted octanol–water partition coefficient (Wildman–Crippen LogP) is 1.59. The zero-order chi connectivity index (χ0) is 15.5. The van der Waals surface area contributed by atoms with Gasteiger partial charge < -0.3 is 19.7 Å². The second kappa shape index (κ2) is 6.67. The van der Waals surface area contributed by atoms with E-state index in [4.69, 9.17) is 9.47 Å². The van der Waals surface area contributed by atoms with Gasteiger partial charge in [0.25, 0.3) is 0 Å². The van der Waals surface area contributed by atoms with Crippen LogP contribution in [0.1, 0.15) is 24.9 Å². The fourth-order valence-electron chi connectivity index (χ4n) is 3.23. The van der Waals surface area contributed by atoms with Crippen LogP contribution >= 0.6 is 0 Å². The van der Waals surface area contributed by atoms with E-state index in [0.29, 0.717) is 6.61 Å². The SMILES string of the molecule is CCOC1CC1C(=O)N1CCNCC1c1ccccc1OC. The molecule has 1 aromatic rings. The number of benzene rings is 1. The van der Waals surface area contributed by atoms with Crippen LogP contribution in [0, 0.1) is 5.92 Å². The number of nitrogens with one attached hydrogen (secondary N) is 1. The highest BCUT2D eigenvalue weighted by Gasteiger charge is 2.47. The summed E-state index contributed by atoms with van der Waals surface area (Å²) in [6, 6.07) is 7.97. The van der Waals surface area contributed by atoms with Crippen molar-refractivity contribution in [2.24, 2.45) is 5.92 Å². The van der Waals surface area contributed by atoms with E-state index in [1.54, 1.807) is 7.11 Å². The summed E-state index contributed by atoms with van der Waals surface area (Å²) in [7, 11) is 1.67. The highest BCUT2D eigenvalue weighted by atomic mass is 16.5. The van der Waals surface area contributed by atoms with Crippen molar-refractivity contribution in [1.82, 2.24) is 10.2 Å². The molecule has 3 rings (SSSR count). The van der Waals surface area contributed by atoms with Gasteiger partial charge >= 0.3 is 0 Å². The topological polar surface area (TPSA) is 50.8 Å². The molecule has 0 spiro atoms. The molecule has 1 aliphatic heterocycles. The van der Waals surface area contributed by atoms with Crippen LogP contribution < -0.4 is 10.1 Å². The average molecular weight is 304 g/mol. The van der Waals surface area contributed by atoms with Gasteiger partial charge in [-0.3, -0.25) is 4.79 Å². The van der Waals surface area contributed by atoms with Gasteiger partial charge in [0.1, 0.15) is 5.75 Å². The molecule has 1 amide bonds. The Morgan fingerprint density at radius 3 is 3.00 bits per heavy atom. The molecule has 5 heteroatoms. The van der Waals surface area contributed by atoms with Crippen LogP contribution in [-0.4, -0.2) is 50.3 Å². The van der Waals surface area contributed by atoms with E-state index in [-0.39, 0.29) is 24.0 Å². The second-order valence-corrected chi connectivity index (χ2v) is 5.83. The van der Waals surface area contributed by atoms with Gasteiger partial charge in [-0.25, -0.2) is 0 Å². The van der Waals surface area contributed by atoms with Crippen molar-refractivity contribution < 1.29 is 14.3 Å². The molecule has 2 aliphatic rings. The molecule has 2 fully saturated rings. The zero-order valence-electron chi connectivity index (χ0n) is 13.2. The van der Waals surface area contributed by atoms with Gasteiger partial charge in [0.15, 0.2) is 0 Å². The van der Waals surface area contributed by atoms with Crippen LogP contribution in [-0.2, 0) is 9.53 Å². The van der Waals surface area contributed by atoms with Gasteiger partial charge in [0.2, 0.25) is 5.91 Å². The first kappa shape index (κ1) is 15.3. The van der Waals surface area contributed by atoms with E-state index in [1.165, 1.54) is 0 Å². The van der Waals surface area contributed by atoms with Crippen LogP contribution in [0.2, 0.25) is 0 Å². The maximum atomic E-state index is 12.8. The zero-order valence-corrected chi connectivity index (χ0v) is 13.2. The Morgan fingerprint density at radius 2 is 2.23 bits per heavy atom. The van der Waals surface area contributed by atoms with Gasteiger partial charge in [0, 0.05) is 31.8 Å². The van der Waals surface area contributed by atoms with Gasteiger partial charge in [-0.1, -0.05) is 18.2 Å². The Kier molecular flexibility index (Phi) is 4.64. The summed E-state index contributed by atoms with van der Waals surface area (Å²) < 4.78 is 11.0. The largest absolute Gasteiger partial charge is 0.496 e. The summed E-state index contributed by atoms with van der Waals surface area (Å²) in [5, 5.41) is 3.38. The van der Waals surface area contributed by atoms with E-state index in [9.17, 15) is 4.79 Å². The first-order chi connectivity index (χ1) is 10.8. The minimum Gasteiger partial charge on any atom is -0.496 e. The molecule has 1 saturated carbocycles. The minimum atomic E-state index is 0.0280. The molecule has 1 heterocycles. The molecular weight excluding hydrogens is 280 g/mol. The molecule has 120 valence electrons. The molecule has 0 radical (unpaired) electrons. The van der Waals surface area contributed by atoms with E-state index in [1.807, 2.05) is 36.1 Å². The van der Waals surface area contributed by atoms with Gasteiger partial charge in [-0.05, 0) is 19.4 Å². The van der Waals surface area contributed by atoms with Crippen molar-refractivity contribution in [2.75, 3.05) is 33.4 Å². The number of para-hydroxylation sites is 1. The summed E-state index contributed by atoms with van der Waals surface area (Å²) in [5.41, 5.74) is 1.07. The van der Waals surface area contributed by atoms with Crippen molar-refractivity contribution in [3.05, 3.63) is 29.8 Å². The summed E-state index contributed by atoms with van der Waals surface area (Å²) in [4.78, 5) is 14.8. The lowest BCUT2D eigenvalue weighted by molar-refractivity contribution is -0.137. The van der Waals surface area contributed by atoms with Crippen LogP contribution in [0.5, 0.6) is 5.75 Å². The van der Waals surface area contributed by atoms with Crippen LogP contribution in [0.3, 0.4) is 0 Å². The molecule has 3 unspecified atom stereocenters. The number of amides is 1. The Labute approximate surface area is 131 Å². The van der Waals surface area contributed by atoms with Crippen molar-refractivity contribution >= 4 is 5.91 Å². The molecule has 0 bridgehead atoms. The maximum absolute atomic E-state index is 12.8. The fraction of sp³-hybridized carbons (Fsp3) is 0.588. The maximum Gasteiger partial charge on any atom is 0.229 e. The number of carbonyl (C=O) groups excluding carboxylic acids is 1. The van der Waals surface area contributed by atoms with Crippen LogP contribution in [0.4, 0.5) is 0 Å². The predicted molar refractivity (Wildman–Crippen MR) is 83.8 cm³/mol. The average Bonchev–Trinajstić information content (AvgIpc) is 3.34. The Balaban J connectivity index is 1.78. The highest BCUT2D eigenvalue weighted by Crippen LogP contribution is 2.39. The third-order valence-electron chi connectivity index (χ3n) is 4.45. The number of methoxy groups -OCH3 is 1. The molecule has 5 nitrogen and oxygen atoms in total. The lowest BCUT2D eigenvalue weighted by atomic mass is 10.0. The van der Waals surface area contributed by atoms with Crippen molar-refractivity contribution in [3.63, 3.8) is 0 Å². The summed E-state index contributed by atoms with van der Waals surface area (Å²) in [5.74, 6) is 1.09. The van der Waals surface area contributed by atoms with E-state index >= 15 is 0 Å². The first-order valence-electron chi connectivity index (χ1n) is 8.02. The lowest BCUT2D eigenvalue weighted by Crippen LogP contribution is -2.49. The standard InChI is InChI=1S/C17H24N2O3/c1-3-22-16-10-13(16)17(20)19-9-8-18-11-14(19)12-6-4-5-7-15(12)21-2/h4-7,13-14,16,18H,3,8-11H2,1-2H3. The molecule has 22 heavy (non-hydrogen) atoms. The molecule has 1 saturated heterocycles. The van der Waals surface area contributed by atoms with Crippen molar-refractivity contribution in [3.8, 4) is 5.75 Å². The quantitative estimate of drug-likeness (QED) is 0.897. The van der Waals surface area contributed by atoms with Crippen LogP contribution in [0.15, 0.2) is 24.3 Å². The molecular formula is C17H24N2O3. The number of piperazine rings is 1. The number of hydrogen-bond acceptors (Lipinski definition) is 4. The molecule has 1 N–H and O–H groups in total. The van der Waals surface area contributed by atoms with Gasteiger partial charge in [-0.2, -0.15) is 0 Å². The minimum absolute atomic E-state index is 0.0280. The van der Waals surface area contributed by atoms with E-state index in [0.717, 1.165) is 37.4 Å². The monoisotopic (exact) mass is 304 g/mol. The summed E-state index contributed by atoms with van der Waals surface area (Å²) in [6.45, 7) is 4.98. The highest BCUT2D eigenvalue weighted by molar-refractivity contribution is 5.83. The normalized spacial score (nSPS) is 27.5. The number of rotatable bonds is 5. The molecule has 0 aromatic heterocycles. The Morgan fingerprint density at radius 1 is 1.41 bits per heavy atom. The third-order valence-corrected chi connectivity index (χ3v) is 4.45. The molecule has 1 aromatic carbocycles. The van der Waals surface area contributed by atoms with Gasteiger partial charge in [0.05, 0.1) is 25.2 Å². The smallest absolute Gasteiger partial charge is 0.229 e. The number of hydrogen-bond donors (Lipinski definition) is 1. The number of carbonyl (C=O) groups is 1.